The number of aryl methyl sites for hydroxylation is 1. The average Bonchev–Trinajstić information content (AvgIpc) is 2.83. The standard InChI is InChI=1S/C12H13ClN2O5/c1-7-4-10(15(18)19)8(13)5-9(7)14-12(11(16)17)2-3-20-6-12/h4-5,14H,2-3,6H2,1H3,(H,16,17). The van der Waals surface area contributed by atoms with Crippen molar-refractivity contribution in [3.63, 3.8) is 0 Å². The highest BCUT2D eigenvalue weighted by molar-refractivity contribution is 6.33. The average molecular weight is 301 g/mol. The molecule has 1 aromatic rings. The maximum atomic E-state index is 11.4. The third kappa shape index (κ3) is 2.54. The molecule has 1 saturated heterocycles. The molecule has 0 aliphatic carbocycles. The van der Waals surface area contributed by atoms with Crippen molar-refractivity contribution in [1.29, 1.82) is 0 Å². The molecular formula is C12H13ClN2O5. The van der Waals surface area contributed by atoms with Crippen LogP contribution in [0, 0.1) is 17.0 Å². The summed E-state index contributed by atoms with van der Waals surface area (Å²) in [6, 6.07) is 2.69. The number of anilines is 1. The Balaban J connectivity index is 2.36. The number of rotatable bonds is 4. The smallest absolute Gasteiger partial charge is 0.331 e. The van der Waals surface area contributed by atoms with Gasteiger partial charge < -0.3 is 15.2 Å². The Kier molecular flexibility index (Phi) is 3.82. The van der Waals surface area contributed by atoms with Gasteiger partial charge in [-0.15, -0.1) is 0 Å². The van der Waals surface area contributed by atoms with Crippen molar-refractivity contribution in [3.8, 4) is 0 Å². The van der Waals surface area contributed by atoms with E-state index >= 15 is 0 Å². The minimum absolute atomic E-state index is 0.0381. The number of aliphatic carboxylic acids is 1. The van der Waals surface area contributed by atoms with Gasteiger partial charge in [0.15, 0.2) is 5.54 Å². The van der Waals surface area contributed by atoms with E-state index in [1.165, 1.54) is 12.1 Å². The largest absolute Gasteiger partial charge is 0.479 e. The van der Waals surface area contributed by atoms with Gasteiger partial charge in [0, 0.05) is 24.8 Å². The molecule has 0 radical (unpaired) electrons. The van der Waals surface area contributed by atoms with Crippen LogP contribution in [0.25, 0.3) is 0 Å². The lowest BCUT2D eigenvalue weighted by Gasteiger charge is -2.26. The van der Waals surface area contributed by atoms with Crippen molar-refractivity contribution >= 4 is 28.9 Å². The number of carboxylic acids is 1. The van der Waals surface area contributed by atoms with Crippen LogP contribution in [0.3, 0.4) is 0 Å². The van der Waals surface area contributed by atoms with Crippen LogP contribution in [0.1, 0.15) is 12.0 Å². The van der Waals surface area contributed by atoms with Crippen LogP contribution in [-0.2, 0) is 9.53 Å². The van der Waals surface area contributed by atoms with Gasteiger partial charge in [-0.3, -0.25) is 10.1 Å². The molecule has 1 atom stereocenters. The first-order valence-electron chi connectivity index (χ1n) is 5.89. The van der Waals surface area contributed by atoms with Crippen molar-refractivity contribution in [2.45, 2.75) is 18.9 Å². The molecule has 2 rings (SSSR count). The van der Waals surface area contributed by atoms with Crippen LogP contribution >= 0.6 is 11.6 Å². The fourth-order valence-corrected chi connectivity index (χ4v) is 2.32. The van der Waals surface area contributed by atoms with Gasteiger partial charge in [0.25, 0.3) is 5.69 Å². The number of hydrogen-bond acceptors (Lipinski definition) is 5. The third-order valence-electron chi connectivity index (χ3n) is 3.30. The summed E-state index contributed by atoms with van der Waals surface area (Å²) in [6.07, 6.45) is 0.316. The van der Waals surface area contributed by atoms with E-state index in [1.54, 1.807) is 6.92 Å². The number of carbonyl (C=O) groups is 1. The highest BCUT2D eigenvalue weighted by Crippen LogP contribution is 2.33. The number of nitro groups is 1. The molecule has 1 unspecified atom stereocenters. The lowest BCUT2D eigenvalue weighted by Crippen LogP contribution is -2.47. The topological polar surface area (TPSA) is 102 Å². The molecule has 1 fully saturated rings. The third-order valence-corrected chi connectivity index (χ3v) is 3.60. The Morgan fingerprint density at radius 3 is 2.80 bits per heavy atom. The Bertz CT molecular complexity index is 569. The minimum atomic E-state index is -1.22. The maximum Gasteiger partial charge on any atom is 0.331 e. The van der Waals surface area contributed by atoms with Gasteiger partial charge in [0.2, 0.25) is 0 Å². The predicted molar refractivity (Wildman–Crippen MR) is 72.3 cm³/mol. The molecule has 1 aliphatic rings. The number of nitrogens with one attached hydrogen (secondary N) is 1. The zero-order chi connectivity index (χ0) is 14.9. The van der Waals surface area contributed by atoms with E-state index in [2.05, 4.69) is 5.32 Å². The molecule has 0 aromatic heterocycles. The van der Waals surface area contributed by atoms with Crippen LogP contribution in [-0.4, -0.2) is 34.8 Å². The molecule has 8 heteroatoms. The molecule has 0 bridgehead atoms. The molecule has 1 heterocycles. The minimum Gasteiger partial charge on any atom is -0.479 e. The zero-order valence-corrected chi connectivity index (χ0v) is 11.4. The Morgan fingerprint density at radius 2 is 2.30 bits per heavy atom. The molecule has 108 valence electrons. The highest BCUT2D eigenvalue weighted by atomic mass is 35.5. The van der Waals surface area contributed by atoms with Crippen molar-refractivity contribution < 1.29 is 19.6 Å². The van der Waals surface area contributed by atoms with Crippen LogP contribution in [0.2, 0.25) is 5.02 Å². The van der Waals surface area contributed by atoms with Crippen LogP contribution in [0.15, 0.2) is 12.1 Å². The van der Waals surface area contributed by atoms with E-state index in [-0.39, 0.29) is 17.3 Å². The second-order valence-corrected chi connectivity index (χ2v) is 5.10. The van der Waals surface area contributed by atoms with Crippen molar-refractivity contribution in [1.82, 2.24) is 0 Å². The zero-order valence-electron chi connectivity index (χ0n) is 10.7. The number of hydrogen-bond donors (Lipinski definition) is 2. The number of carboxylic acid groups (broad SMARTS) is 1. The van der Waals surface area contributed by atoms with Gasteiger partial charge in [0.05, 0.1) is 11.5 Å². The van der Waals surface area contributed by atoms with Gasteiger partial charge in [-0.05, 0) is 18.6 Å². The fourth-order valence-electron chi connectivity index (χ4n) is 2.08. The monoisotopic (exact) mass is 300 g/mol. The highest BCUT2D eigenvalue weighted by Gasteiger charge is 2.43. The van der Waals surface area contributed by atoms with Crippen LogP contribution < -0.4 is 5.32 Å². The summed E-state index contributed by atoms with van der Waals surface area (Å²) in [5.74, 6) is -1.02. The first kappa shape index (κ1) is 14.5. The number of nitrogens with zero attached hydrogens (tertiary/aromatic N) is 1. The number of nitro benzene ring substituents is 1. The number of ether oxygens (including phenoxy) is 1. The SMILES string of the molecule is Cc1cc([N+](=O)[O-])c(Cl)cc1NC1(C(=O)O)CCOC1. The Hall–Kier alpha value is -1.86. The summed E-state index contributed by atoms with van der Waals surface area (Å²) >= 11 is 5.85. The fraction of sp³-hybridized carbons (Fsp3) is 0.417. The Morgan fingerprint density at radius 1 is 1.60 bits per heavy atom. The molecule has 1 aliphatic heterocycles. The summed E-state index contributed by atoms with van der Waals surface area (Å²) in [5.41, 5.74) is -0.423. The molecule has 0 amide bonds. The van der Waals surface area contributed by atoms with E-state index in [0.29, 0.717) is 24.3 Å². The molecular weight excluding hydrogens is 288 g/mol. The van der Waals surface area contributed by atoms with Crippen molar-refractivity contribution in [2.75, 3.05) is 18.5 Å². The van der Waals surface area contributed by atoms with E-state index in [0.717, 1.165) is 0 Å². The summed E-state index contributed by atoms with van der Waals surface area (Å²) in [7, 11) is 0. The summed E-state index contributed by atoms with van der Waals surface area (Å²) in [4.78, 5) is 21.6. The summed E-state index contributed by atoms with van der Waals surface area (Å²) in [5, 5.41) is 23.0. The van der Waals surface area contributed by atoms with Gasteiger partial charge in [-0.2, -0.15) is 0 Å². The van der Waals surface area contributed by atoms with E-state index in [4.69, 9.17) is 16.3 Å². The molecule has 20 heavy (non-hydrogen) atoms. The molecule has 1 aromatic carbocycles. The van der Waals surface area contributed by atoms with Gasteiger partial charge in [-0.25, -0.2) is 4.79 Å². The van der Waals surface area contributed by atoms with E-state index in [1.807, 2.05) is 0 Å². The number of halogens is 1. The van der Waals surface area contributed by atoms with Gasteiger partial charge in [0.1, 0.15) is 5.02 Å². The summed E-state index contributed by atoms with van der Waals surface area (Å²) in [6.45, 7) is 2.03. The van der Waals surface area contributed by atoms with Crippen molar-refractivity contribution in [2.24, 2.45) is 0 Å². The van der Waals surface area contributed by atoms with Crippen molar-refractivity contribution in [3.05, 3.63) is 32.8 Å². The predicted octanol–water partition coefficient (Wildman–Crippen LogP) is 2.21. The van der Waals surface area contributed by atoms with E-state index < -0.39 is 16.4 Å². The molecule has 0 saturated carbocycles. The van der Waals surface area contributed by atoms with E-state index in [9.17, 15) is 20.0 Å². The molecule has 0 spiro atoms. The number of benzene rings is 1. The second kappa shape index (κ2) is 5.26. The first-order chi connectivity index (χ1) is 9.35. The van der Waals surface area contributed by atoms with Crippen LogP contribution in [0.4, 0.5) is 11.4 Å². The summed E-state index contributed by atoms with van der Waals surface area (Å²) < 4.78 is 5.14. The maximum absolute atomic E-state index is 11.4. The lowest BCUT2D eigenvalue weighted by atomic mass is 9.97. The van der Waals surface area contributed by atoms with Gasteiger partial charge in [-0.1, -0.05) is 11.6 Å². The van der Waals surface area contributed by atoms with Gasteiger partial charge >= 0.3 is 5.97 Å². The second-order valence-electron chi connectivity index (χ2n) is 4.69. The Labute approximate surface area is 119 Å². The molecule has 7 nitrogen and oxygen atoms in total. The lowest BCUT2D eigenvalue weighted by molar-refractivity contribution is -0.384. The quantitative estimate of drug-likeness (QED) is 0.653. The van der Waals surface area contributed by atoms with Crippen LogP contribution in [0.5, 0.6) is 0 Å². The normalized spacial score (nSPS) is 21.7. The molecule has 2 N–H and O–H groups in total. The first-order valence-corrected chi connectivity index (χ1v) is 6.27.